The molecule has 26 heavy (non-hydrogen) atoms. The van der Waals surface area contributed by atoms with Crippen LogP contribution in [0, 0.1) is 6.92 Å². The fraction of sp³-hybridized carbons (Fsp3) is 0.368. The minimum absolute atomic E-state index is 0.0183. The quantitative estimate of drug-likeness (QED) is 0.715. The van der Waals surface area contributed by atoms with Crippen molar-refractivity contribution in [2.24, 2.45) is 0 Å². The van der Waals surface area contributed by atoms with Gasteiger partial charge in [0, 0.05) is 41.3 Å². The standard InChI is InChI=1S/C19H22Br2N4O/c1-13-3-5-17(16(21)11-13)23-19(26)14(2)24-7-9-25(10-8-24)18-6-4-15(20)12-22-18/h3-6,11-12,14H,7-10H2,1-2H3,(H,23,26). The predicted molar refractivity (Wildman–Crippen MR) is 113 cm³/mol. The summed E-state index contributed by atoms with van der Waals surface area (Å²) in [6.45, 7) is 7.38. The van der Waals surface area contributed by atoms with E-state index in [4.69, 9.17) is 0 Å². The van der Waals surface area contributed by atoms with Gasteiger partial charge in [0.05, 0.1) is 11.7 Å². The van der Waals surface area contributed by atoms with Crippen LogP contribution in [0.15, 0.2) is 45.5 Å². The maximum absolute atomic E-state index is 12.6. The molecule has 1 N–H and O–H groups in total. The number of carbonyl (C=O) groups is 1. The Morgan fingerprint density at radius 3 is 2.50 bits per heavy atom. The van der Waals surface area contributed by atoms with E-state index in [0.29, 0.717) is 0 Å². The molecule has 138 valence electrons. The fourth-order valence-electron chi connectivity index (χ4n) is 3.02. The number of piperazine rings is 1. The van der Waals surface area contributed by atoms with Gasteiger partial charge in [-0.2, -0.15) is 0 Å². The minimum atomic E-state index is -0.178. The van der Waals surface area contributed by atoms with Gasteiger partial charge in [-0.25, -0.2) is 4.98 Å². The third-order valence-corrected chi connectivity index (χ3v) is 5.78. The van der Waals surface area contributed by atoms with Gasteiger partial charge in [-0.1, -0.05) is 6.07 Å². The second-order valence-electron chi connectivity index (χ2n) is 6.51. The van der Waals surface area contributed by atoms with E-state index < -0.39 is 0 Å². The van der Waals surface area contributed by atoms with Crippen molar-refractivity contribution >= 4 is 49.3 Å². The van der Waals surface area contributed by atoms with Gasteiger partial charge in [-0.05, 0) is 75.5 Å². The van der Waals surface area contributed by atoms with Crippen LogP contribution < -0.4 is 10.2 Å². The highest BCUT2D eigenvalue weighted by atomic mass is 79.9. The van der Waals surface area contributed by atoms with Crippen LogP contribution in [-0.4, -0.2) is 48.0 Å². The van der Waals surface area contributed by atoms with Crippen LogP contribution in [0.25, 0.3) is 0 Å². The van der Waals surface area contributed by atoms with E-state index in [-0.39, 0.29) is 11.9 Å². The molecule has 0 radical (unpaired) electrons. The fourth-order valence-corrected chi connectivity index (χ4v) is 3.84. The topological polar surface area (TPSA) is 48.5 Å². The van der Waals surface area contributed by atoms with E-state index in [0.717, 1.165) is 52.2 Å². The van der Waals surface area contributed by atoms with Crippen LogP contribution in [0.4, 0.5) is 11.5 Å². The first kappa shape index (κ1) is 19.3. The highest BCUT2D eigenvalue weighted by Crippen LogP contribution is 2.24. The zero-order chi connectivity index (χ0) is 18.7. The predicted octanol–water partition coefficient (Wildman–Crippen LogP) is 4.06. The highest BCUT2D eigenvalue weighted by Gasteiger charge is 2.26. The number of aromatic nitrogens is 1. The molecule has 1 atom stereocenters. The average Bonchev–Trinajstić information content (AvgIpc) is 2.64. The number of rotatable bonds is 4. The second-order valence-corrected chi connectivity index (χ2v) is 8.28. The molecule has 1 aromatic heterocycles. The molecule has 2 aromatic rings. The first-order valence-corrected chi connectivity index (χ1v) is 10.2. The number of aryl methyl sites for hydroxylation is 1. The van der Waals surface area contributed by atoms with Crippen molar-refractivity contribution < 1.29 is 4.79 Å². The van der Waals surface area contributed by atoms with Crippen LogP contribution in [0.2, 0.25) is 0 Å². The molecule has 0 saturated carbocycles. The van der Waals surface area contributed by atoms with Crippen molar-refractivity contribution in [3.05, 3.63) is 51.0 Å². The molecule has 2 heterocycles. The zero-order valence-electron chi connectivity index (χ0n) is 14.9. The molecule has 1 unspecified atom stereocenters. The number of carbonyl (C=O) groups excluding carboxylic acids is 1. The number of amides is 1. The first-order valence-electron chi connectivity index (χ1n) is 8.61. The Morgan fingerprint density at radius 2 is 1.88 bits per heavy atom. The van der Waals surface area contributed by atoms with Crippen LogP contribution in [0.5, 0.6) is 0 Å². The van der Waals surface area contributed by atoms with Crippen molar-refractivity contribution in [2.45, 2.75) is 19.9 Å². The normalized spacial score (nSPS) is 16.4. The van der Waals surface area contributed by atoms with E-state index in [1.807, 2.05) is 50.4 Å². The van der Waals surface area contributed by atoms with Gasteiger partial charge in [0.15, 0.2) is 0 Å². The Morgan fingerprint density at radius 1 is 1.15 bits per heavy atom. The number of halogens is 2. The van der Waals surface area contributed by atoms with Gasteiger partial charge in [0.1, 0.15) is 5.82 Å². The van der Waals surface area contributed by atoms with E-state index in [2.05, 4.69) is 52.0 Å². The summed E-state index contributed by atoms with van der Waals surface area (Å²) in [7, 11) is 0. The zero-order valence-corrected chi connectivity index (χ0v) is 18.0. The Kier molecular flexibility index (Phi) is 6.32. The van der Waals surface area contributed by atoms with Crippen molar-refractivity contribution in [1.82, 2.24) is 9.88 Å². The van der Waals surface area contributed by atoms with Crippen molar-refractivity contribution in [3.8, 4) is 0 Å². The summed E-state index contributed by atoms with van der Waals surface area (Å²) in [6.07, 6.45) is 1.82. The number of nitrogens with zero attached hydrogens (tertiary/aromatic N) is 3. The molecule has 0 spiro atoms. The number of anilines is 2. The molecule has 0 bridgehead atoms. The van der Waals surface area contributed by atoms with Crippen LogP contribution in [-0.2, 0) is 4.79 Å². The molecule has 1 aliphatic heterocycles. The van der Waals surface area contributed by atoms with Crippen molar-refractivity contribution in [1.29, 1.82) is 0 Å². The highest BCUT2D eigenvalue weighted by molar-refractivity contribution is 9.10. The number of nitrogens with one attached hydrogen (secondary N) is 1. The second kappa shape index (κ2) is 8.50. The summed E-state index contributed by atoms with van der Waals surface area (Å²) in [5.74, 6) is 0.998. The van der Waals surface area contributed by atoms with E-state index in [1.165, 1.54) is 0 Å². The molecular formula is C19H22Br2N4O. The van der Waals surface area contributed by atoms with Crippen LogP contribution in [0.1, 0.15) is 12.5 Å². The van der Waals surface area contributed by atoms with Crippen LogP contribution in [0.3, 0.4) is 0 Å². The summed E-state index contributed by atoms with van der Waals surface area (Å²) in [4.78, 5) is 21.6. The lowest BCUT2D eigenvalue weighted by molar-refractivity contribution is -0.120. The maximum atomic E-state index is 12.6. The van der Waals surface area contributed by atoms with Gasteiger partial charge in [0.25, 0.3) is 0 Å². The molecule has 0 aliphatic carbocycles. The lowest BCUT2D eigenvalue weighted by atomic mass is 10.2. The Labute approximate surface area is 171 Å². The Balaban J connectivity index is 1.56. The maximum Gasteiger partial charge on any atom is 0.241 e. The monoisotopic (exact) mass is 480 g/mol. The third kappa shape index (κ3) is 4.64. The van der Waals surface area contributed by atoms with Gasteiger partial charge in [-0.15, -0.1) is 0 Å². The molecule has 1 saturated heterocycles. The van der Waals surface area contributed by atoms with Crippen molar-refractivity contribution in [2.75, 3.05) is 36.4 Å². The van der Waals surface area contributed by atoms with Gasteiger partial charge < -0.3 is 10.2 Å². The van der Waals surface area contributed by atoms with Gasteiger partial charge in [-0.3, -0.25) is 9.69 Å². The molecule has 1 aromatic carbocycles. The average molecular weight is 482 g/mol. The largest absolute Gasteiger partial charge is 0.354 e. The summed E-state index contributed by atoms with van der Waals surface area (Å²) in [5, 5.41) is 3.02. The molecule has 3 rings (SSSR count). The van der Waals surface area contributed by atoms with Crippen molar-refractivity contribution in [3.63, 3.8) is 0 Å². The van der Waals surface area contributed by atoms with Gasteiger partial charge >= 0.3 is 0 Å². The summed E-state index contributed by atoms with van der Waals surface area (Å²) >= 11 is 6.93. The molecular weight excluding hydrogens is 460 g/mol. The SMILES string of the molecule is Cc1ccc(NC(=O)C(C)N2CCN(c3ccc(Br)cn3)CC2)c(Br)c1. The number of hydrogen-bond acceptors (Lipinski definition) is 4. The Hall–Kier alpha value is -1.44. The summed E-state index contributed by atoms with van der Waals surface area (Å²) < 4.78 is 1.89. The molecule has 7 heteroatoms. The smallest absolute Gasteiger partial charge is 0.241 e. The number of hydrogen-bond donors (Lipinski definition) is 1. The third-order valence-electron chi connectivity index (χ3n) is 4.66. The summed E-state index contributed by atoms with van der Waals surface area (Å²) in [5.41, 5.74) is 1.96. The number of pyridine rings is 1. The van der Waals surface area contributed by atoms with Gasteiger partial charge in [0.2, 0.25) is 5.91 Å². The van der Waals surface area contributed by atoms with E-state index in [9.17, 15) is 4.79 Å². The molecule has 1 fully saturated rings. The first-order chi connectivity index (χ1) is 12.4. The lowest BCUT2D eigenvalue weighted by Crippen LogP contribution is -2.53. The van der Waals surface area contributed by atoms with Crippen LogP contribution >= 0.6 is 31.9 Å². The summed E-state index contributed by atoms with van der Waals surface area (Å²) in [6, 6.07) is 9.78. The molecule has 5 nitrogen and oxygen atoms in total. The Bertz CT molecular complexity index is 774. The van der Waals surface area contributed by atoms with E-state index >= 15 is 0 Å². The molecule has 1 aliphatic rings. The minimum Gasteiger partial charge on any atom is -0.354 e. The number of benzene rings is 1. The molecule has 1 amide bonds. The van der Waals surface area contributed by atoms with E-state index in [1.54, 1.807) is 0 Å². The lowest BCUT2D eigenvalue weighted by Gasteiger charge is -2.38.